The van der Waals surface area contributed by atoms with Crippen LogP contribution in [0, 0.1) is 18.8 Å². The highest BCUT2D eigenvalue weighted by Gasteiger charge is 2.23. The van der Waals surface area contributed by atoms with E-state index in [4.69, 9.17) is 4.74 Å². The molecule has 1 aliphatic heterocycles. The molecule has 1 fully saturated rings. The number of carbonyl (C=O) groups is 1. The van der Waals surface area contributed by atoms with Gasteiger partial charge in [-0.2, -0.15) is 0 Å². The van der Waals surface area contributed by atoms with Gasteiger partial charge in [-0.25, -0.2) is 14.8 Å². The summed E-state index contributed by atoms with van der Waals surface area (Å²) < 4.78 is 5.28. The van der Waals surface area contributed by atoms with E-state index in [-0.39, 0.29) is 0 Å². The number of amides is 1. The predicted octanol–water partition coefficient (Wildman–Crippen LogP) is 5.43. The quantitative estimate of drug-likeness (QED) is 0.625. The highest BCUT2D eigenvalue weighted by molar-refractivity contribution is 5.68. The van der Waals surface area contributed by atoms with Crippen LogP contribution in [0.3, 0.4) is 0 Å². The average Bonchev–Trinajstić information content (AvgIpc) is 2.73. The van der Waals surface area contributed by atoms with Gasteiger partial charge >= 0.3 is 6.09 Å². The lowest BCUT2D eigenvalue weighted by molar-refractivity contribution is 0.0523. The Morgan fingerprint density at radius 1 is 1.19 bits per heavy atom. The minimum Gasteiger partial charge on any atom is -0.444 e. The van der Waals surface area contributed by atoms with Crippen LogP contribution in [0.5, 0.6) is 0 Å². The van der Waals surface area contributed by atoms with Crippen LogP contribution in [0.2, 0.25) is 0 Å². The minimum atomic E-state index is -0.504. The minimum absolute atomic E-state index is 0.414. The van der Waals surface area contributed by atoms with Crippen molar-refractivity contribution in [3.63, 3.8) is 0 Å². The molecule has 2 N–H and O–H groups in total. The normalized spacial score (nSPS) is 15.0. The number of alkyl carbamates (subject to hydrolysis) is 1. The predicted molar refractivity (Wildman–Crippen MR) is 129 cm³/mol. The van der Waals surface area contributed by atoms with E-state index in [0.29, 0.717) is 6.54 Å². The van der Waals surface area contributed by atoms with Gasteiger partial charge in [0.05, 0.1) is 18.1 Å². The zero-order valence-corrected chi connectivity index (χ0v) is 20.2. The number of carbonyl (C=O) groups excluding carboxylic acids is 1. The number of aromatic nitrogens is 2. The fraction of sp³-hybridized carbons (Fsp3) is 0.560. The molecule has 0 unspecified atom stereocenters. The molecule has 7 nitrogen and oxygen atoms in total. The summed E-state index contributed by atoms with van der Waals surface area (Å²) in [7, 11) is 0. The van der Waals surface area contributed by atoms with Crippen LogP contribution >= 0.6 is 0 Å². The SMILES string of the molecule is Cc1cc(CNC(=O)OC(C)(C)C)ccc1Nc1cnc(N2CCC(C(C)C)CC2)nc1. The third kappa shape index (κ3) is 6.84. The summed E-state index contributed by atoms with van der Waals surface area (Å²) in [5.41, 5.74) is 3.42. The Labute approximate surface area is 192 Å². The van der Waals surface area contributed by atoms with Crippen molar-refractivity contribution in [3.05, 3.63) is 41.7 Å². The number of nitrogens with zero attached hydrogens (tertiary/aromatic N) is 3. The number of hydrogen-bond donors (Lipinski definition) is 2. The summed E-state index contributed by atoms with van der Waals surface area (Å²) in [6.07, 6.45) is 5.68. The lowest BCUT2D eigenvalue weighted by atomic mass is 9.87. The number of ether oxygens (including phenoxy) is 1. The molecular weight excluding hydrogens is 402 g/mol. The van der Waals surface area contributed by atoms with Crippen LogP contribution in [0.25, 0.3) is 0 Å². The van der Waals surface area contributed by atoms with E-state index in [1.165, 1.54) is 12.8 Å². The third-order valence-corrected chi connectivity index (χ3v) is 5.81. The monoisotopic (exact) mass is 439 g/mol. The van der Waals surface area contributed by atoms with Gasteiger partial charge in [0.1, 0.15) is 5.60 Å². The second-order valence-corrected chi connectivity index (χ2v) is 9.97. The molecule has 0 atom stereocenters. The second-order valence-electron chi connectivity index (χ2n) is 9.97. The number of aryl methyl sites for hydroxylation is 1. The maximum absolute atomic E-state index is 11.8. The maximum Gasteiger partial charge on any atom is 0.407 e. The molecule has 2 heterocycles. The van der Waals surface area contributed by atoms with Gasteiger partial charge in [-0.15, -0.1) is 0 Å². The van der Waals surface area contributed by atoms with Crippen molar-refractivity contribution in [2.75, 3.05) is 23.3 Å². The summed E-state index contributed by atoms with van der Waals surface area (Å²) in [4.78, 5) is 23.3. The largest absolute Gasteiger partial charge is 0.444 e. The number of hydrogen-bond acceptors (Lipinski definition) is 6. The molecule has 1 aromatic carbocycles. The van der Waals surface area contributed by atoms with Gasteiger partial charge in [-0.3, -0.25) is 0 Å². The molecule has 2 aromatic rings. The molecule has 0 saturated carbocycles. The Morgan fingerprint density at radius 2 is 1.84 bits per heavy atom. The van der Waals surface area contributed by atoms with Crippen LogP contribution in [0.1, 0.15) is 58.6 Å². The first kappa shape index (κ1) is 23.8. The van der Waals surface area contributed by atoms with Gasteiger partial charge < -0.3 is 20.3 Å². The molecule has 0 spiro atoms. The molecule has 1 saturated heterocycles. The smallest absolute Gasteiger partial charge is 0.407 e. The molecule has 0 bridgehead atoms. The third-order valence-electron chi connectivity index (χ3n) is 5.81. The molecular formula is C25H37N5O2. The Morgan fingerprint density at radius 3 is 2.41 bits per heavy atom. The van der Waals surface area contributed by atoms with Gasteiger partial charge in [0.15, 0.2) is 0 Å². The van der Waals surface area contributed by atoms with E-state index in [0.717, 1.165) is 53.4 Å². The maximum atomic E-state index is 11.8. The Kier molecular flexibility index (Phi) is 7.59. The van der Waals surface area contributed by atoms with Crippen LogP contribution in [0.4, 0.5) is 22.1 Å². The summed E-state index contributed by atoms with van der Waals surface area (Å²) >= 11 is 0. The van der Waals surface area contributed by atoms with Crippen LogP contribution in [-0.2, 0) is 11.3 Å². The van der Waals surface area contributed by atoms with Crippen LogP contribution in [0.15, 0.2) is 30.6 Å². The van der Waals surface area contributed by atoms with Crippen LogP contribution in [-0.4, -0.2) is 34.8 Å². The van der Waals surface area contributed by atoms with Gasteiger partial charge in [0.25, 0.3) is 0 Å². The number of rotatable bonds is 6. The Bertz CT molecular complexity index is 898. The van der Waals surface area contributed by atoms with Crippen LogP contribution < -0.4 is 15.5 Å². The lowest BCUT2D eigenvalue weighted by Gasteiger charge is -2.33. The Balaban J connectivity index is 1.54. The topological polar surface area (TPSA) is 79.4 Å². The molecule has 1 amide bonds. The molecule has 32 heavy (non-hydrogen) atoms. The summed E-state index contributed by atoms with van der Waals surface area (Å²) in [6, 6.07) is 6.04. The van der Waals surface area contributed by atoms with Gasteiger partial charge in [0, 0.05) is 25.3 Å². The highest BCUT2D eigenvalue weighted by Crippen LogP contribution is 2.27. The number of piperidine rings is 1. The van der Waals surface area contributed by atoms with Crippen molar-refractivity contribution in [1.29, 1.82) is 0 Å². The first-order valence-electron chi connectivity index (χ1n) is 11.5. The van der Waals surface area contributed by atoms with Crippen molar-refractivity contribution in [2.24, 2.45) is 11.8 Å². The fourth-order valence-electron chi connectivity index (χ4n) is 3.94. The van der Waals surface area contributed by atoms with Gasteiger partial charge in [-0.1, -0.05) is 26.0 Å². The van der Waals surface area contributed by atoms with Gasteiger partial charge in [0.2, 0.25) is 5.95 Å². The summed E-state index contributed by atoms with van der Waals surface area (Å²) in [5, 5.41) is 6.18. The summed E-state index contributed by atoms with van der Waals surface area (Å²) in [6.45, 7) is 14.7. The standard InChI is InChI=1S/C25H37N5O2/c1-17(2)20-9-11-30(12-10-20)23-26-15-21(16-27-23)29-22-8-7-19(13-18(22)3)14-28-24(31)32-25(4,5)6/h7-8,13,15-17,20,29H,9-12,14H2,1-6H3,(H,28,31). The molecule has 0 aliphatic carbocycles. The summed E-state index contributed by atoms with van der Waals surface area (Å²) in [5.74, 6) is 2.35. The number of nitrogens with one attached hydrogen (secondary N) is 2. The first-order valence-corrected chi connectivity index (χ1v) is 11.5. The van der Waals surface area contributed by atoms with Crippen molar-refractivity contribution >= 4 is 23.4 Å². The molecule has 0 radical (unpaired) electrons. The average molecular weight is 440 g/mol. The number of benzene rings is 1. The fourth-order valence-corrected chi connectivity index (χ4v) is 3.94. The molecule has 7 heteroatoms. The molecule has 174 valence electrons. The van der Waals surface area contributed by atoms with E-state index in [1.54, 1.807) is 0 Å². The van der Waals surface area contributed by atoms with Crippen molar-refractivity contribution in [3.8, 4) is 0 Å². The van der Waals surface area contributed by atoms with Crippen molar-refractivity contribution in [2.45, 2.75) is 66.5 Å². The van der Waals surface area contributed by atoms with Gasteiger partial charge in [-0.05, 0) is 69.6 Å². The first-order chi connectivity index (χ1) is 15.1. The lowest BCUT2D eigenvalue weighted by Crippen LogP contribution is -2.36. The number of anilines is 3. The van der Waals surface area contributed by atoms with Crippen molar-refractivity contribution < 1.29 is 9.53 Å². The van der Waals surface area contributed by atoms with E-state index in [9.17, 15) is 4.79 Å². The molecule has 3 rings (SSSR count). The van der Waals surface area contributed by atoms with E-state index >= 15 is 0 Å². The van der Waals surface area contributed by atoms with E-state index < -0.39 is 11.7 Å². The zero-order chi connectivity index (χ0) is 23.3. The van der Waals surface area contributed by atoms with E-state index in [1.807, 2.05) is 58.3 Å². The molecule has 1 aromatic heterocycles. The zero-order valence-electron chi connectivity index (χ0n) is 20.2. The molecule has 1 aliphatic rings. The Hall–Kier alpha value is -2.83. The highest BCUT2D eigenvalue weighted by atomic mass is 16.6. The van der Waals surface area contributed by atoms with E-state index in [2.05, 4.69) is 39.3 Å². The second kappa shape index (κ2) is 10.2. The van der Waals surface area contributed by atoms with Crippen molar-refractivity contribution in [1.82, 2.24) is 15.3 Å².